The van der Waals surface area contributed by atoms with Crippen molar-refractivity contribution < 1.29 is 23.7 Å². The van der Waals surface area contributed by atoms with Crippen LogP contribution in [0.3, 0.4) is 0 Å². The highest BCUT2D eigenvalue weighted by Gasteiger charge is 2.33. The molecule has 0 spiro atoms. The number of ether oxygens (including phenoxy) is 4. The Hall–Kier alpha value is -4.05. The number of hydrogen-bond acceptors (Lipinski definition) is 9. The number of methoxy groups -OCH3 is 4. The number of hydrogen-bond donors (Lipinski definition) is 0. The Morgan fingerprint density at radius 1 is 0.825 bits per heavy atom. The Kier molecular flexibility index (Phi) is 8.54. The minimum Gasteiger partial charge on any atom is -0.493 e. The van der Waals surface area contributed by atoms with Gasteiger partial charge >= 0.3 is 0 Å². The number of carbonyl (C=O) groups is 1. The van der Waals surface area contributed by atoms with Crippen LogP contribution in [0.15, 0.2) is 48.8 Å². The summed E-state index contributed by atoms with van der Waals surface area (Å²) in [5.41, 5.74) is 3.31. The van der Waals surface area contributed by atoms with Crippen LogP contribution in [0.4, 0.5) is 5.95 Å². The molecule has 1 amide bonds. The lowest BCUT2D eigenvalue weighted by Gasteiger charge is -2.40. The van der Waals surface area contributed by atoms with E-state index in [0.29, 0.717) is 42.5 Å². The van der Waals surface area contributed by atoms with Gasteiger partial charge < -0.3 is 28.7 Å². The highest BCUT2D eigenvalue weighted by atomic mass is 16.5. The van der Waals surface area contributed by atoms with E-state index in [2.05, 4.69) is 19.8 Å². The molecule has 2 aliphatic heterocycles. The van der Waals surface area contributed by atoms with Gasteiger partial charge in [0.2, 0.25) is 11.9 Å². The van der Waals surface area contributed by atoms with E-state index < -0.39 is 0 Å². The number of amides is 1. The number of aromatic nitrogens is 2. The molecule has 1 aromatic heterocycles. The molecule has 1 saturated heterocycles. The Bertz CT molecular complexity index is 1310. The van der Waals surface area contributed by atoms with Gasteiger partial charge in [0.05, 0.1) is 41.0 Å². The lowest BCUT2D eigenvalue weighted by molar-refractivity contribution is -0.135. The van der Waals surface area contributed by atoms with Gasteiger partial charge in [-0.2, -0.15) is 0 Å². The van der Waals surface area contributed by atoms with Gasteiger partial charge in [-0.3, -0.25) is 9.69 Å². The maximum Gasteiger partial charge on any atom is 0.237 e. The van der Waals surface area contributed by atoms with Gasteiger partial charge in [0.25, 0.3) is 0 Å². The first kappa shape index (κ1) is 27.5. The van der Waals surface area contributed by atoms with Crippen molar-refractivity contribution in [2.24, 2.45) is 0 Å². The van der Waals surface area contributed by atoms with Crippen molar-refractivity contribution in [1.29, 1.82) is 0 Å². The predicted molar refractivity (Wildman–Crippen MR) is 152 cm³/mol. The van der Waals surface area contributed by atoms with Crippen molar-refractivity contribution in [2.75, 3.05) is 72.6 Å². The van der Waals surface area contributed by atoms with Gasteiger partial charge in [-0.15, -0.1) is 0 Å². The lowest BCUT2D eigenvalue weighted by atomic mass is 9.88. The summed E-state index contributed by atoms with van der Waals surface area (Å²) in [5, 5.41) is 0. The molecule has 3 heterocycles. The number of carbonyl (C=O) groups excluding carboxylic acids is 1. The van der Waals surface area contributed by atoms with E-state index in [1.54, 1.807) is 40.8 Å². The zero-order chi connectivity index (χ0) is 28.1. The van der Waals surface area contributed by atoms with Crippen LogP contribution in [0, 0.1) is 0 Å². The molecule has 2 aliphatic rings. The summed E-state index contributed by atoms with van der Waals surface area (Å²) >= 11 is 0. The first-order valence-corrected chi connectivity index (χ1v) is 13.5. The van der Waals surface area contributed by atoms with Crippen molar-refractivity contribution in [3.05, 3.63) is 65.5 Å². The molecule has 10 nitrogen and oxygen atoms in total. The largest absolute Gasteiger partial charge is 0.493 e. The van der Waals surface area contributed by atoms with Crippen LogP contribution < -0.4 is 23.8 Å². The van der Waals surface area contributed by atoms with E-state index in [0.717, 1.165) is 49.7 Å². The molecule has 1 unspecified atom stereocenters. The molecule has 0 bridgehead atoms. The third-order valence-corrected chi connectivity index (χ3v) is 7.77. The number of fused-ring (bicyclic) bond motifs is 1. The van der Waals surface area contributed by atoms with Gasteiger partial charge in [-0.05, 0) is 59.9 Å². The van der Waals surface area contributed by atoms with Crippen LogP contribution in [0.5, 0.6) is 23.0 Å². The molecule has 1 atom stereocenters. The average Bonchev–Trinajstić information content (AvgIpc) is 3.01. The second kappa shape index (κ2) is 12.4. The fourth-order valence-electron chi connectivity index (χ4n) is 5.62. The number of nitrogens with zero attached hydrogens (tertiary/aromatic N) is 5. The first-order valence-electron chi connectivity index (χ1n) is 13.5. The number of piperazine rings is 1. The Morgan fingerprint density at radius 3 is 2.15 bits per heavy atom. The summed E-state index contributed by atoms with van der Waals surface area (Å²) in [5.74, 6) is 3.56. The van der Waals surface area contributed by atoms with Gasteiger partial charge in [-0.1, -0.05) is 6.07 Å². The van der Waals surface area contributed by atoms with Crippen LogP contribution in [0.25, 0.3) is 0 Å². The minimum atomic E-state index is -0.159. The van der Waals surface area contributed by atoms with Crippen molar-refractivity contribution >= 4 is 11.9 Å². The van der Waals surface area contributed by atoms with E-state index in [9.17, 15) is 4.79 Å². The second-order valence-corrected chi connectivity index (χ2v) is 9.96. The van der Waals surface area contributed by atoms with Crippen molar-refractivity contribution in [2.45, 2.75) is 18.9 Å². The van der Waals surface area contributed by atoms with Crippen LogP contribution in [0.1, 0.15) is 22.7 Å². The predicted octanol–water partition coefficient (Wildman–Crippen LogP) is 3.00. The van der Waals surface area contributed by atoms with Crippen LogP contribution in [0.2, 0.25) is 0 Å². The molecule has 1 fully saturated rings. The van der Waals surface area contributed by atoms with Gasteiger partial charge in [0.15, 0.2) is 23.0 Å². The molecule has 0 saturated carbocycles. The average molecular weight is 548 g/mol. The van der Waals surface area contributed by atoms with E-state index in [1.807, 2.05) is 41.3 Å². The molecular weight excluding hydrogens is 510 g/mol. The normalized spacial score (nSPS) is 17.2. The van der Waals surface area contributed by atoms with Gasteiger partial charge in [0.1, 0.15) is 0 Å². The zero-order valence-corrected chi connectivity index (χ0v) is 23.6. The van der Waals surface area contributed by atoms with Gasteiger partial charge in [-0.25, -0.2) is 9.97 Å². The van der Waals surface area contributed by atoms with E-state index >= 15 is 0 Å². The zero-order valence-electron chi connectivity index (χ0n) is 23.6. The molecule has 40 heavy (non-hydrogen) atoms. The Morgan fingerprint density at radius 2 is 1.48 bits per heavy atom. The maximum atomic E-state index is 13.9. The second-order valence-electron chi connectivity index (χ2n) is 9.96. The first-order chi connectivity index (χ1) is 19.5. The molecule has 0 N–H and O–H groups in total. The molecule has 5 rings (SSSR count). The quantitative estimate of drug-likeness (QED) is 0.401. The highest BCUT2D eigenvalue weighted by molar-refractivity contribution is 5.79. The molecule has 0 radical (unpaired) electrons. The molecule has 10 heteroatoms. The molecule has 2 aromatic carbocycles. The lowest BCUT2D eigenvalue weighted by Crippen LogP contribution is -2.52. The molecular formula is C30H37N5O5. The Balaban J connectivity index is 1.37. The topological polar surface area (TPSA) is 89.5 Å². The maximum absolute atomic E-state index is 13.9. The summed E-state index contributed by atoms with van der Waals surface area (Å²) < 4.78 is 22.2. The van der Waals surface area contributed by atoms with Crippen molar-refractivity contribution in [3.8, 4) is 23.0 Å². The molecule has 0 aliphatic carbocycles. The third-order valence-electron chi connectivity index (χ3n) is 7.77. The summed E-state index contributed by atoms with van der Waals surface area (Å²) in [4.78, 5) is 29.0. The summed E-state index contributed by atoms with van der Waals surface area (Å²) in [6.07, 6.45) is 4.90. The molecule has 212 valence electrons. The fraction of sp³-hybridized carbons (Fsp3) is 0.433. The third kappa shape index (κ3) is 5.77. The monoisotopic (exact) mass is 547 g/mol. The van der Waals surface area contributed by atoms with Crippen molar-refractivity contribution in [1.82, 2.24) is 19.8 Å². The van der Waals surface area contributed by atoms with Crippen LogP contribution in [-0.4, -0.2) is 93.4 Å². The minimum absolute atomic E-state index is 0.121. The highest BCUT2D eigenvalue weighted by Crippen LogP contribution is 2.40. The number of rotatable bonds is 9. The van der Waals surface area contributed by atoms with E-state index in [1.165, 1.54) is 5.56 Å². The van der Waals surface area contributed by atoms with Crippen LogP contribution in [-0.2, 0) is 17.6 Å². The van der Waals surface area contributed by atoms with E-state index in [-0.39, 0.29) is 11.9 Å². The van der Waals surface area contributed by atoms with Crippen molar-refractivity contribution in [3.63, 3.8) is 0 Å². The molecule has 3 aromatic rings. The summed E-state index contributed by atoms with van der Waals surface area (Å²) in [6, 6.07) is 11.7. The number of anilines is 1. The summed E-state index contributed by atoms with van der Waals surface area (Å²) in [6.45, 7) is 4.13. The van der Waals surface area contributed by atoms with Crippen LogP contribution >= 0.6 is 0 Å². The van der Waals surface area contributed by atoms with E-state index in [4.69, 9.17) is 18.9 Å². The Labute approximate surface area is 235 Å². The number of benzene rings is 2. The summed E-state index contributed by atoms with van der Waals surface area (Å²) in [7, 11) is 6.54. The standard InChI is InChI=1S/C30H37N5O5/c1-37-25-7-6-21(17-26(25)38-2)16-24-23-19-28(40-4)27(39-3)18-22(23)8-11-35(24)29(36)20-33-12-14-34(15-13-33)30-31-9-5-10-32-30/h5-7,9-10,17-19,24H,8,11-16,20H2,1-4H3. The SMILES string of the molecule is COc1ccc(CC2c3cc(OC)c(OC)cc3CCN2C(=O)CN2CCN(c3ncccn3)CC2)cc1OC. The van der Waals surface area contributed by atoms with Gasteiger partial charge in [0, 0.05) is 45.1 Å². The fourth-order valence-corrected chi connectivity index (χ4v) is 5.62. The smallest absolute Gasteiger partial charge is 0.237 e.